The minimum Gasteiger partial charge on any atom is -0.478 e. The molecule has 0 unspecified atom stereocenters. The highest BCUT2D eigenvalue weighted by molar-refractivity contribution is 5.99. The number of amides is 2. The molecule has 1 aromatic carbocycles. The summed E-state index contributed by atoms with van der Waals surface area (Å²) < 4.78 is 13.1. The molecule has 2 amide bonds. The van der Waals surface area contributed by atoms with Crippen LogP contribution in [0.1, 0.15) is 23.2 Å². The van der Waals surface area contributed by atoms with Crippen LogP contribution in [-0.4, -0.2) is 46.8 Å². The third-order valence-electron chi connectivity index (χ3n) is 3.54. The van der Waals surface area contributed by atoms with Crippen LogP contribution in [0.2, 0.25) is 0 Å². The van der Waals surface area contributed by atoms with Crippen LogP contribution < -0.4 is 5.32 Å². The Kier molecular flexibility index (Phi) is 4.42. The van der Waals surface area contributed by atoms with Crippen LogP contribution in [0.3, 0.4) is 0 Å². The molecule has 3 N–H and O–H groups in total. The highest BCUT2D eigenvalue weighted by atomic mass is 19.1. The van der Waals surface area contributed by atoms with Gasteiger partial charge < -0.3 is 20.4 Å². The zero-order chi connectivity index (χ0) is 15.6. The van der Waals surface area contributed by atoms with E-state index in [9.17, 15) is 19.1 Å². The molecule has 1 fully saturated rings. The summed E-state index contributed by atoms with van der Waals surface area (Å²) in [6.07, 6.45) is 1.03. The second-order valence-corrected chi connectivity index (χ2v) is 5.30. The third kappa shape index (κ3) is 3.69. The molecule has 2 rings (SSSR count). The topological polar surface area (TPSA) is 89.9 Å². The Labute approximate surface area is 121 Å². The number of nitrogens with one attached hydrogen (secondary N) is 1. The van der Waals surface area contributed by atoms with Crippen molar-refractivity contribution in [2.24, 2.45) is 5.92 Å². The Hall–Kier alpha value is -2.15. The van der Waals surface area contributed by atoms with E-state index in [1.165, 1.54) is 11.0 Å². The molecular formula is C14H17FN2O4. The van der Waals surface area contributed by atoms with E-state index in [0.717, 1.165) is 12.1 Å². The van der Waals surface area contributed by atoms with E-state index >= 15 is 0 Å². The first kappa shape index (κ1) is 15.2. The number of aliphatic hydroxyl groups excluding tert-OH is 1. The summed E-state index contributed by atoms with van der Waals surface area (Å²) in [7, 11) is 1.59. The van der Waals surface area contributed by atoms with Gasteiger partial charge in [-0.15, -0.1) is 0 Å². The summed E-state index contributed by atoms with van der Waals surface area (Å²) in [4.78, 5) is 24.5. The van der Waals surface area contributed by atoms with Crippen molar-refractivity contribution in [1.82, 2.24) is 4.90 Å². The van der Waals surface area contributed by atoms with Crippen LogP contribution in [0.5, 0.6) is 0 Å². The maximum atomic E-state index is 13.1. The van der Waals surface area contributed by atoms with Gasteiger partial charge in [-0.2, -0.15) is 0 Å². The fourth-order valence-electron chi connectivity index (χ4n) is 2.33. The lowest BCUT2D eigenvalue weighted by molar-refractivity contribution is 0.0332. The number of hydrogen-bond acceptors (Lipinski definition) is 3. The van der Waals surface area contributed by atoms with Crippen molar-refractivity contribution >= 4 is 17.7 Å². The second kappa shape index (κ2) is 6.09. The molecule has 1 aliphatic carbocycles. The first-order valence-electron chi connectivity index (χ1n) is 6.60. The molecule has 0 heterocycles. The summed E-state index contributed by atoms with van der Waals surface area (Å²) >= 11 is 0. The lowest BCUT2D eigenvalue weighted by atomic mass is 9.82. The lowest BCUT2D eigenvalue weighted by Crippen LogP contribution is -2.41. The maximum absolute atomic E-state index is 13.1. The van der Waals surface area contributed by atoms with Gasteiger partial charge in [0, 0.05) is 13.6 Å². The Balaban J connectivity index is 2.00. The Morgan fingerprint density at radius 1 is 1.43 bits per heavy atom. The monoisotopic (exact) mass is 296 g/mol. The zero-order valence-corrected chi connectivity index (χ0v) is 11.5. The van der Waals surface area contributed by atoms with Gasteiger partial charge in [-0.25, -0.2) is 14.0 Å². The zero-order valence-electron chi connectivity index (χ0n) is 11.5. The average molecular weight is 296 g/mol. The smallest absolute Gasteiger partial charge is 0.337 e. The molecule has 7 heteroatoms. The Bertz CT molecular complexity index is 558. The van der Waals surface area contributed by atoms with E-state index in [1.807, 2.05) is 0 Å². The van der Waals surface area contributed by atoms with Crippen molar-refractivity contribution in [2.45, 2.75) is 18.9 Å². The quantitative estimate of drug-likeness (QED) is 0.789. The Morgan fingerprint density at radius 3 is 2.67 bits per heavy atom. The van der Waals surface area contributed by atoms with Crippen molar-refractivity contribution in [1.29, 1.82) is 0 Å². The number of aliphatic hydroxyl groups is 1. The highest BCUT2D eigenvalue weighted by Gasteiger charge is 2.29. The van der Waals surface area contributed by atoms with Crippen molar-refractivity contribution in [3.8, 4) is 0 Å². The van der Waals surface area contributed by atoms with Crippen molar-refractivity contribution < 1.29 is 24.2 Å². The molecule has 1 saturated carbocycles. The number of carboxylic acid groups (broad SMARTS) is 1. The lowest BCUT2D eigenvalue weighted by Gasteiger charge is -2.34. The van der Waals surface area contributed by atoms with Gasteiger partial charge in [0.15, 0.2) is 0 Å². The minimum absolute atomic E-state index is 0.0504. The molecule has 114 valence electrons. The van der Waals surface area contributed by atoms with E-state index in [4.69, 9.17) is 5.11 Å². The Morgan fingerprint density at radius 2 is 2.10 bits per heavy atom. The van der Waals surface area contributed by atoms with Gasteiger partial charge in [0.25, 0.3) is 0 Å². The van der Waals surface area contributed by atoms with Gasteiger partial charge in [-0.3, -0.25) is 0 Å². The van der Waals surface area contributed by atoms with E-state index in [-0.39, 0.29) is 23.3 Å². The van der Waals surface area contributed by atoms with E-state index in [2.05, 4.69) is 5.32 Å². The molecule has 1 aromatic rings. The van der Waals surface area contributed by atoms with E-state index in [0.29, 0.717) is 19.4 Å². The summed E-state index contributed by atoms with van der Waals surface area (Å²) in [6, 6.07) is 2.70. The molecule has 6 nitrogen and oxygen atoms in total. The fourth-order valence-corrected chi connectivity index (χ4v) is 2.33. The van der Waals surface area contributed by atoms with Crippen molar-refractivity contribution in [3.05, 3.63) is 29.6 Å². The van der Waals surface area contributed by atoms with Crippen LogP contribution in [-0.2, 0) is 0 Å². The van der Waals surface area contributed by atoms with Crippen LogP contribution >= 0.6 is 0 Å². The first-order valence-corrected chi connectivity index (χ1v) is 6.60. The molecular weight excluding hydrogens is 279 g/mol. The minimum atomic E-state index is -1.31. The van der Waals surface area contributed by atoms with Gasteiger partial charge in [-0.05, 0) is 37.0 Å². The maximum Gasteiger partial charge on any atom is 0.337 e. The number of benzene rings is 1. The standard InChI is InChI=1S/C14H17FN2O4/c1-17(7-8-4-10(18)5-8)14(21)16-12-3-2-9(15)6-11(12)13(19)20/h2-3,6,8,10,18H,4-5,7H2,1H3,(H,16,21)(H,19,20). The third-order valence-corrected chi connectivity index (χ3v) is 3.54. The number of anilines is 1. The summed E-state index contributed by atoms with van der Waals surface area (Å²) in [5, 5.41) is 20.7. The van der Waals surface area contributed by atoms with E-state index < -0.39 is 17.8 Å². The van der Waals surface area contributed by atoms with E-state index in [1.54, 1.807) is 7.05 Å². The summed E-state index contributed by atoms with van der Waals surface area (Å²) in [5.41, 5.74) is -0.245. The number of urea groups is 1. The number of halogens is 1. The fraction of sp³-hybridized carbons (Fsp3) is 0.429. The number of nitrogens with zero attached hydrogens (tertiary/aromatic N) is 1. The molecule has 0 saturated heterocycles. The summed E-state index contributed by atoms with van der Waals surface area (Å²) in [6.45, 7) is 0.479. The number of carboxylic acids is 1. The highest BCUT2D eigenvalue weighted by Crippen LogP contribution is 2.27. The SMILES string of the molecule is CN(CC1CC(O)C1)C(=O)Nc1ccc(F)cc1C(=O)O. The second-order valence-electron chi connectivity index (χ2n) is 5.30. The normalized spacial score (nSPS) is 20.5. The van der Waals surface area contributed by atoms with Crippen LogP contribution in [0, 0.1) is 11.7 Å². The first-order chi connectivity index (χ1) is 9.86. The molecule has 1 aliphatic rings. The van der Waals surface area contributed by atoms with Crippen LogP contribution in [0.15, 0.2) is 18.2 Å². The van der Waals surface area contributed by atoms with Crippen molar-refractivity contribution in [3.63, 3.8) is 0 Å². The summed E-state index contributed by atoms with van der Waals surface area (Å²) in [5.74, 6) is -1.74. The molecule has 0 atom stereocenters. The molecule has 0 spiro atoms. The number of carbonyl (C=O) groups is 2. The van der Waals surface area contributed by atoms with Gasteiger partial charge in [0.05, 0.1) is 17.4 Å². The molecule has 0 aromatic heterocycles. The number of rotatable bonds is 4. The van der Waals surface area contributed by atoms with Gasteiger partial charge in [-0.1, -0.05) is 0 Å². The number of aromatic carboxylic acids is 1. The molecule has 21 heavy (non-hydrogen) atoms. The number of hydrogen-bond donors (Lipinski definition) is 3. The molecule has 0 aliphatic heterocycles. The van der Waals surface area contributed by atoms with Gasteiger partial charge in [0.2, 0.25) is 0 Å². The predicted octanol–water partition coefficient (Wildman–Crippen LogP) is 1.76. The number of carbonyl (C=O) groups excluding carboxylic acids is 1. The largest absolute Gasteiger partial charge is 0.478 e. The van der Waals surface area contributed by atoms with Crippen LogP contribution in [0.25, 0.3) is 0 Å². The average Bonchev–Trinajstić information content (AvgIpc) is 2.38. The molecule has 0 bridgehead atoms. The molecule has 0 radical (unpaired) electrons. The van der Waals surface area contributed by atoms with Gasteiger partial charge in [0.1, 0.15) is 5.82 Å². The predicted molar refractivity (Wildman–Crippen MR) is 73.7 cm³/mol. The van der Waals surface area contributed by atoms with Crippen LogP contribution in [0.4, 0.5) is 14.9 Å². The van der Waals surface area contributed by atoms with Crippen molar-refractivity contribution in [2.75, 3.05) is 18.9 Å². The van der Waals surface area contributed by atoms with Gasteiger partial charge >= 0.3 is 12.0 Å².